The summed E-state index contributed by atoms with van der Waals surface area (Å²) in [6.45, 7) is 2.02. The molecule has 118 valence electrons. The summed E-state index contributed by atoms with van der Waals surface area (Å²) in [6.07, 6.45) is 5.17. The van der Waals surface area contributed by atoms with Crippen molar-refractivity contribution in [2.75, 3.05) is 13.1 Å². The lowest BCUT2D eigenvalue weighted by Crippen LogP contribution is -2.27. The highest BCUT2D eigenvalue weighted by molar-refractivity contribution is 5.33. The lowest BCUT2D eigenvalue weighted by Gasteiger charge is -2.21. The highest BCUT2D eigenvalue weighted by Gasteiger charge is 2.18. The molecule has 1 aromatic carbocycles. The quantitative estimate of drug-likeness (QED) is 0.943. The summed E-state index contributed by atoms with van der Waals surface area (Å²) in [5.41, 5.74) is 1.91. The smallest absolute Gasteiger partial charge is 0.131 e. The van der Waals surface area contributed by atoms with Crippen LogP contribution in [0, 0.1) is 17.1 Å². The van der Waals surface area contributed by atoms with Gasteiger partial charge in [0.05, 0.1) is 11.6 Å². The maximum atomic E-state index is 13.9. The van der Waals surface area contributed by atoms with Gasteiger partial charge in [0.15, 0.2) is 0 Å². The lowest BCUT2D eigenvalue weighted by molar-refractivity contribution is 0.443. The second kappa shape index (κ2) is 7.30. The fourth-order valence-electron chi connectivity index (χ4n) is 2.91. The highest BCUT2D eigenvalue weighted by atomic mass is 19.1. The van der Waals surface area contributed by atoms with Crippen molar-refractivity contribution in [1.82, 2.24) is 15.3 Å². The first-order valence-corrected chi connectivity index (χ1v) is 7.97. The summed E-state index contributed by atoms with van der Waals surface area (Å²) in [5, 5.41) is 12.1. The molecule has 0 amide bonds. The highest BCUT2D eigenvalue weighted by Crippen LogP contribution is 2.22. The first-order chi connectivity index (χ1) is 11.3. The second-order valence-electron chi connectivity index (χ2n) is 5.85. The van der Waals surface area contributed by atoms with E-state index in [1.54, 1.807) is 18.3 Å². The van der Waals surface area contributed by atoms with Crippen LogP contribution < -0.4 is 5.32 Å². The molecule has 5 heteroatoms. The molecule has 1 saturated heterocycles. The number of nitrogens with one attached hydrogen (secondary N) is 1. The minimum absolute atomic E-state index is 0.323. The molecule has 0 bridgehead atoms. The van der Waals surface area contributed by atoms with E-state index in [0.717, 1.165) is 37.4 Å². The minimum atomic E-state index is -0.323. The maximum Gasteiger partial charge on any atom is 0.131 e. The first-order valence-electron chi connectivity index (χ1n) is 7.97. The van der Waals surface area contributed by atoms with Gasteiger partial charge in [-0.25, -0.2) is 14.4 Å². The molecule has 1 fully saturated rings. The monoisotopic (exact) mass is 310 g/mol. The molecule has 0 atom stereocenters. The van der Waals surface area contributed by atoms with Crippen LogP contribution >= 0.6 is 0 Å². The maximum absolute atomic E-state index is 13.9. The number of aromatic nitrogens is 2. The van der Waals surface area contributed by atoms with Crippen molar-refractivity contribution in [3.05, 3.63) is 58.9 Å². The van der Waals surface area contributed by atoms with Gasteiger partial charge in [0.2, 0.25) is 0 Å². The van der Waals surface area contributed by atoms with Gasteiger partial charge in [0.1, 0.15) is 11.6 Å². The minimum Gasteiger partial charge on any atom is -0.317 e. The molecule has 0 unspecified atom stereocenters. The zero-order valence-electron chi connectivity index (χ0n) is 12.9. The standard InChI is InChI=1S/C18H19FN4/c19-17-11-13(12-20)1-2-14(17)3-4-16-7-10-22-18(23-16)15-5-8-21-9-6-15/h1-2,7,10-11,15,21H,3-6,8-9H2. The van der Waals surface area contributed by atoms with E-state index in [1.165, 1.54) is 6.07 Å². The van der Waals surface area contributed by atoms with Crippen molar-refractivity contribution < 1.29 is 4.39 Å². The number of nitriles is 1. The van der Waals surface area contributed by atoms with Gasteiger partial charge in [-0.05, 0) is 62.5 Å². The van der Waals surface area contributed by atoms with Crippen LogP contribution in [0.4, 0.5) is 4.39 Å². The summed E-state index contributed by atoms with van der Waals surface area (Å²) >= 11 is 0. The largest absolute Gasteiger partial charge is 0.317 e. The normalized spacial score (nSPS) is 15.3. The molecule has 2 heterocycles. The van der Waals surface area contributed by atoms with Gasteiger partial charge in [0, 0.05) is 17.8 Å². The summed E-state index contributed by atoms with van der Waals surface area (Å²) in [6, 6.07) is 8.46. The molecule has 0 saturated carbocycles. The van der Waals surface area contributed by atoms with E-state index >= 15 is 0 Å². The Morgan fingerprint density at radius 2 is 2.04 bits per heavy atom. The fraction of sp³-hybridized carbons (Fsp3) is 0.389. The number of rotatable bonds is 4. The average Bonchev–Trinajstić information content (AvgIpc) is 2.61. The van der Waals surface area contributed by atoms with Crippen molar-refractivity contribution in [3.63, 3.8) is 0 Å². The second-order valence-corrected chi connectivity index (χ2v) is 5.85. The summed E-state index contributed by atoms with van der Waals surface area (Å²) < 4.78 is 13.9. The Labute approximate surface area is 135 Å². The average molecular weight is 310 g/mol. The van der Waals surface area contributed by atoms with Gasteiger partial charge in [-0.1, -0.05) is 6.07 Å². The van der Waals surface area contributed by atoms with E-state index in [-0.39, 0.29) is 5.82 Å². The number of piperidine rings is 1. The van der Waals surface area contributed by atoms with Crippen LogP contribution in [-0.4, -0.2) is 23.1 Å². The van der Waals surface area contributed by atoms with Crippen LogP contribution in [0.2, 0.25) is 0 Å². The van der Waals surface area contributed by atoms with Crippen molar-refractivity contribution in [2.45, 2.75) is 31.6 Å². The van der Waals surface area contributed by atoms with Crippen LogP contribution in [0.5, 0.6) is 0 Å². The molecule has 3 rings (SSSR count). The number of hydrogen-bond donors (Lipinski definition) is 1. The van der Waals surface area contributed by atoms with Gasteiger partial charge in [0.25, 0.3) is 0 Å². The summed E-state index contributed by atoms with van der Waals surface area (Å²) in [4.78, 5) is 9.07. The zero-order valence-corrected chi connectivity index (χ0v) is 12.9. The van der Waals surface area contributed by atoms with Gasteiger partial charge in [-0.15, -0.1) is 0 Å². The Balaban J connectivity index is 1.67. The van der Waals surface area contributed by atoms with Crippen molar-refractivity contribution in [3.8, 4) is 6.07 Å². The number of halogens is 1. The van der Waals surface area contributed by atoms with E-state index in [9.17, 15) is 4.39 Å². The Hall–Kier alpha value is -2.32. The van der Waals surface area contributed by atoms with Crippen LogP contribution in [0.1, 0.15) is 41.4 Å². The van der Waals surface area contributed by atoms with Crippen LogP contribution in [0.3, 0.4) is 0 Å². The molecular formula is C18H19FN4. The number of aryl methyl sites for hydroxylation is 2. The van der Waals surface area contributed by atoms with Crippen LogP contribution in [0.15, 0.2) is 30.5 Å². The molecule has 1 aromatic heterocycles. The Bertz CT molecular complexity index is 717. The van der Waals surface area contributed by atoms with E-state index in [0.29, 0.717) is 29.9 Å². The molecule has 2 aromatic rings. The van der Waals surface area contributed by atoms with E-state index in [2.05, 4.69) is 15.3 Å². The molecule has 23 heavy (non-hydrogen) atoms. The third kappa shape index (κ3) is 3.91. The van der Waals surface area contributed by atoms with E-state index in [4.69, 9.17) is 5.26 Å². The van der Waals surface area contributed by atoms with Gasteiger partial charge in [-0.3, -0.25) is 0 Å². The third-order valence-electron chi connectivity index (χ3n) is 4.27. The summed E-state index contributed by atoms with van der Waals surface area (Å²) in [7, 11) is 0. The predicted molar refractivity (Wildman–Crippen MR) is 85.4 cm³/mol. The molecule has 1 aliphatic heterocycles. The lowest BCUT2D eigenvalue weighted by atomic mass is 9.97. The van der Waals surface area contributed by atoms with Gasteiger partial charge >= 0.3 is 0 Å². The van der Waals surface area contributed by atoms with Crippen molar-refractivity contribution in [1.29, 1.82) is 5.26 Å². The zero-order chi connectivity index (χ0) is 16.1. The van der Waals surface area contributed by atoms with Crippen molar-refractivity contribution in [2.24, 2.45) is 0 Å². The first kappa shape index (κ1) is 15.6. The molecule has 0 aliphatic carbocycles. The fourth-order valence-corrected chi connectivity index (χ4v) is 2.91. The molecule has 1 N–H and O–H groups in total. The van der Waals surface area contributed by atoms with E-state index < -0.39 is 0 Å². The molecular weight excluding hydrogens is 291 g/mol. The molecule has 4 nitrogen and oxygen atoms in total. The predicted octanol–water partition coefficient (Wildman–Crippen LogP) is 2.74. The van der Waals surface area contributed by atoms with Crippen LogP contribution in [-0.2, 0) is 12.8 Å². The molecule has 0 radical (unpaired) electrons. The Morgan fingerprint density at radius 1 is 1.22 bits per heavy atom. The summed E-state index contributed by atoms with van der Waals surface area (Å²) in [5.74, 6) is 1.00. The van der Waals surface area contributed by atoms with E-state index in [1.807, 2.05) is 12.1 Å². The Kier molecular flexibility index (Phi) is 4.94. The number of benzene rings is 1. The van der Waals surface area contributed by atoms with Crippen LogP contribution in [0.25, 0.3) is 0 Å². The third-order valence-corrected chi connectivity index (χ3v) is 4.27. The molecule has 1 aliphatic rings. The Morgan fingerprint density at radius 3 is 2.78 bits per heavy atom. The van der Waals surface area contributed by atoms with Crippen molar-refractivity contribution >= 4 is 0 Å². The number of nitrogens with zero attached hydrogens (tertiary/aromatic N) is 3. The topological polar surface area (TPSA) is 61.6 Å². The molecule has 0 spiro atoms. The van der Waals surface area contributed by atoms with Gasteiger partial charge in [-0.2, -0.15) is 5.26 Å². The SMILES string of the molecule is N#Cc1ccc(CCc2ccnc(C3CCNCC3)n2)c(F)c1. The number of hydrogen-bond acceptors (Lipinski definition) is 4. The van der Waals surface area contributed by atoms with Gasteiger partial charge < -0.3 is 5.32 Å².